The molecule has 0 radical (unpaired) electrons. The van der Waals surface area contributed by atoms with E-state index in [1.54, 1.807) is 12.7 Å². The smallest absolute Gasteiger partial charge is 0.147 e. The molecule has 0 unspecified atom stereocenters. The number of rotatable bonds is 6. The van der Waals surface area contributed by atoms with E-state index in [4.69, 9.17) is 0 Å². The summed E-state index contributed by atoms with van der Waals surface area (Å²) in [4.78, 5) is 3.96. The van der Waals surface area contributed by atoms with Gasteiger partial charge in [0, 0.05) is 12.1 Å². The van der Waals surface area contributed by atoms with Crippen molar-refractivity contribution in [1.29, 1.82) is 0 Å². The van der Waals surface area contributed by atoms with Crippen LogP contribution < -0.4 is 5.32 Å². The molecule has 1 atom stereocenters. The molecule has 1 fully saturated rings. The van der Waals surface area contributed by atoms with Gasteiger partial charge in [-0.1, -0.05) is 19.3 Å². The minimum Gasteiger partial charge on any atom is -0.313 e. The zero-order valence-electron chi connectivity index (χ0n) is 12.5. The first kappa shape index (κ1) is 14.2. The van der Waals surface area contributed by atoms with Crippen LogP contribution in [0.25, 0.3) is 0 Å². The lowest BCUT2D eigenvalue weighted by Crippen LogP contribution is -2.31. The summed E-state index contributed by atoms with van der Waals surface area (Å²) in [5, 5.41) is 16.0. The summed E-state index contributed by atoms with van der Waals surface area (Å²) < 4.78 is 4.10. The maximum absolute atomic E-state index is 4.28. The summed E-state index contributed by atoms with van der Waals surface area (Å²) in [6.07, 6.45) is 11.7. The molecule has 2 aromatic rings. The van der Waals surface area contributed by atoms with Crippen LogP contribution in [0.3, 0.4) is 0 Å². The van der Waals surface area contributed by atoms with Crippen molar-refractivity contribution < 1.29 is 0 Å². The molecule has 0 amide bonds. The van der Waals surface area contributed by atoms with Crippen LogP contribution in [0, 0.1) is 0 Å². The van der Waals surface area contributed by atoms with Crippen molar-refractivity contribution in [2.45, 2.75) is 64.2 Å². The Kier molecular flexibility index (Phi) is 4.59. The van der Waals surface area contributed by atoms with E-state index in [0.29, 0.717) is 12.1 Å². The number of aromatic nitrogens is 6. The highest BCUT2D eigenvalue weighted by Gasteiger charge is 2.18. The normalized spacial score (nSPS) is 18.0. The maximum atomic E-state index is 4.28. The fourth-order valence-electron chi connectivity index (χ4n) is 2.99. The Balaban J connectivity index is 1.54. The average Bonchev–Trinajstić information content (AvgIpc) is 3.17. The monoisotopic (exact) mass is 289 g/mol. The molecule has 3 rings (SSSR count). The summed E-state index contributed by atoms with van der Waals surface area (Å²) in [5.74, 6) is 1.03. The number of nitrogens with one attached hydrogen (secondary N) is 1. The lowest BCUT2D eigenvalue weighted by molar-refractivity contribution is 0.339. The zero-order valence-corrected chi connectivity index (χ0v) is 12.5. The van der Waals surface area contributed by atoms with E-state index in [2.05, 4.69) is 37.1 Å². The third-order valence-electron chi connectivity index (χ3n) is 4.15. The number of hydrogen-bond acceptors (Lipinski definition) is 5. The van der Waals surface area contributed by atoms with Gasteiger partial charge in [0.05, 0.1) is 13.1 Å². The molecule has 21 heavy (non-hydrogen) atoms. The molecule has 0 spiro atoms. The lowest BCUT2D eigenvalue weighted by atomic mass is 9.95. The minimum absolute atomic E-state index is 0.309. The molecule has 1 N–H and O–H groups in total. The second kappa shape index (κ2) is 6.80. The van der Waals surface area contributed by atoms with Gasteiger partial charge in [-0.05, 0) is 19.8 Å². The highest BCUT2D eigenvalue weighted by Crippen LogP contribution is 2.28. The van der Waals surface area contributed by atoms with Gasteiger partial charge in [-0.15, -0.1) is 10.2 Å². The van der Waals surface area contributed by atoms with Gasteiger partial charge in [-0.25, -0.2) is 4.98 Å². The van der Waals surface area contributed by atoms with E-state index in [9.17, 15) is 0 Å². The van der Waals surface area contributed by atoms with Crippen LogP contribution in [0.1, 0.15) is 50.9 Å². The molecule has 1 aliphatic carbocycles. The molecule has 0 saturated heterocycles. The Bertz CT molecular complexity index is 527. The maximum Gasteiger partial charge on any atom is 0.147 e. The first-order valence-corrected chi connectivity index (χ1v) is 7.77. The lowest BCUT2D eigenvalue weighted by Gasteiger charge is -2.24. The first-order chi connectivity index (χ1) is 10.3. The zero-order chi connectivity index (χ0) is 14.5. The predicted octanol–water partition coefficient (Wildman–Crippen LogP) is 1.55. The third kappa shape index (κ3) is 3.66. The Morgan fingerprint density at radius 1 is 1.29 bits per heavy atom. The molecule has 2 aromatic heterocycles. The second-order valence-electron chi connectivity index (χ2n) is 5.85. The van der Waals surface area contributed by atoms with Gasteiger partial charge in [0.2, 0.25) is 0 Å². The minimum atomic E-state index is 0.309. The molecule has 1 saturated carbocycles. The van der Waals surface area contributed by atoms with Crippen molar-refractivity contribution in [2.24, 2.45) is 0 Å². The molecule has 0 aromatic carbocycles. The van der Waals surface area contributed by atoms with Crippen molar-refractivity contribution in [3.63, 3.8) is 0 Å². The van der Waals surface area contributed by atoms with E-state index in [1.807, 2.05) is 11.0 Å². The van der Waals surface area contributed by atoms with E-state index in [1.165, 1.54) is 32.1 Å². The summed E-state index contributed by atoms with van der Waals surface area (Å²) in [6.45, 7) is 3.69. The molecule has 7 nitrogen and oxygen atoms in total. The fraction of sp³-hybridized carbons (Fsp3) is 0.714. The van der Waals surface area contributed by atoms with Crippen LogP contribution in [-0.2, 0) is 13.1 Å². The molecule has 0 aliphatic heterocycles. The SMILES string of the molecule is C[C@H](Cn1cncn1)NCc1nncn1C1CCCCC1. The Morgan fingerprint density at radius 3 is 2.90 bits per heavy atom. The van der Waals surface area contributed by atoms with E-state index < -0.39 is 0 Å². The summed E-state index contributed by atoms with van der Waals surface area (Å²) in [7, 11) is 0. The topological polar surface area (TPSA) is 73.5 Å². The highest BCUT2D eigenvalue weighted by molar-refractivity contribution is 4.90. The molecule has 7 heteroatoms. The third-order valence-corrected chi connectivity index (χ3v) is 4.15. The van der Waals surface area contributed by atoms with Gasteiger partial charge < -0.3 is 9.88 Å². The predicted molar refractivity (Wildman–Crippen MR) is 78.5 cm³/mol. The van der Waals surface area contributed by atoms with E-state index >= 15 is 0 Å². The van der Waals surface area contributed by atoms with Gasteiger partial charge in [-0.3, -0.25) is 4.68 Å². The van der Waals surface area contributed by atoms with Crippen LogP contribution >= 0.6 is 0 Å². The molecule has 114 valence electrons. The van der Waals surface area contributed by atoms with E-state index in [0.717, 1.165) is 18.9 Å². The second-order valence-corrected chi connectivity index (χ2v) is 5.85. The van der Waals surface area contributed by atoms with Crippen LogP contribution in [-0.4, -0.2) is 35.6 Å². The average molecular weight is 289 g/mol. The van der Waals surface area contributed by atoms with Gasteiger partial charge >= 0.3 is 0 Å². The van der Waals surface area contributed by atoms with E-state index in [-0.39, 0.29) is 0 Å². The van der Waals surface area contributed by atoms with Crippen molar-refractivity contribution in [3.05, 3.63) is 24.8 Å². The first-order valence-electron chi connectivity index (χ1n) is 7.77. The van der Waals surface area contributed by atoms with Crippen LogP contribution in [0.15, 0.2) is 19.0 Å². The van der Waals surface area contributed by atoms with Crippen molar-refractivity contribution in [3.8, 4) is 0 Å². The summed E-state index contributed by atoms with van der Waals surface area (Å²) in [5.41, 5.74) is 0. The molecule has 2 heterocycles. The van der Waals surface area contributed by atoms with Gasteiger partial charge in [0.1, 0.15) is 24.8 Å². The van der Waals surface area contributed by atoms with Crippen LogP contribution in [0.4, 0.5) is 0 Å². The quantitative estimate of drug-likeness (QED) is 0.873. The van der Waals surface area contributed by atoms with Crippen molar-refractivity contribution >= 4 is 0 Å². The van der Waals surface area contributed by atoms with Gasteiger partial charge in [0.15, 0.2) is 0 Å². The number of hydrogen-bond donors (Lipinski definition) is 1. The molecular formula is C14H23N7. The Labute approximate surface area is 124 Å². The van der Waals surface area contributed by atoms with Crippen molar-refractivity contribution in [2.75, 3.05) is 0 Å². The highest BCUT2D eigenvalue weighted by atomic mass is 15.3. The van der Waals surface area contributed by atoms with Gasteiger partial charge in [-0.2, -0.15) is 5.10 Å². The molecular weight excluding hydrogens is 266 g/mol. The molecule has 1 aliphatic rings. The van der Waals surface area contributed by atoms with Gasteiger partial charge in [0.25, 0.3) is 0 Å². The summed E-state index contributed by atoms with van der Waals surface area (Å²) >= 11 is 0. The Morgan fingerprint density at radius 2 is 2.14 bits per heavy atom. The standard InChI is InChI=1S/C14H23N7/c1-12(8-20-10-15-9-18-20)16-7-14-19-17-11-21(14)13-5-3-2-4-6-13/h9-13,16H,2-8H2,1H3/t12-/m1/s1. The fourth-order valence-corrected chi connectivity index (χ4v) is 2.99. The summed E-state index contributed by atoms with van der Waals surface area (Å²) in [6, 6.07) is 0.888. The number of nitrogens with zero attached hydrogens (tertiary/aromatic N) is 6. The Hall–Kier alpha value is -1.76. The van der Waals surface area contributed by atoms with Crippen LogP contribution in [0.2, 0.25) is 0 Å². The van der Waals surface area contributed by atoms with Crippen LogP contribution in [0.5, 0.6) is 0 Å². The van der Waals surface area contributed by atoms with Crippen molar-refractivity contribution in [1.82, 2.24) is 34.8 Å². The molecule has 0 bridgehead atoms. The largest absolute Gasteiger partial charge is 0.313 e.